The van der Waals surface area contributed by atoms with Gasteiger partial charge in [-0.3, -0.25) is 19.6 Å². The number of urea groups is 1. The van der Waals surface area contributed by atoms with Crippen molar-refractivity contribution in [2.75, 3.05) is 38.5 Å². The molecule has 2 unspecified atom stereocenters. The summed E-state index contributed by atoms with van der Waals surface area (Å²) in [5.74, 6) is 0.533. The Kier molecular flexibility index (Phi) is 9.81. The fourth-order valence-corrected chi connectivity index (χ4v) is 6.03. The van der Waals surface area contributed by atoms with Crippen LogP contribution in [0.2, 0.25) is 0 Å². The first kappa shape index (κ1) is 29.6. The van der Waals surface area contributed by atoms with Gasteiger partial charge in [-0.05, 0) is 55.4 Å². The smallest absolute Gasteiger partial charge is 0.328 e. The number of amidine groups is 1. The van der Waals surface area contributed by atoms with Crippen molar-refractivity contribution >= 4 is 23.5 Å². The quantitative estimate of drug-likeness (QED) is 0.274. The van der Waals surface area contributed by atoms with Gasteiger partial charge in [0.05, 0.1) is 6.61 Å². The molecule has 0 saturated carbocycles. The molecule has 2 aromatic rings. The van der Waals surface area contributed by atoms with Crippen LogP contribution >= 0.6 is 0 Å². The van der Waals surface area contributed by atoms with Crippen LogP contribution in [0.4, 0.5) is 10.5 Å². The van der Waals surface area contributed by atoms with E-state index in [-0.39, 0.29) is 18.5 Å². The van der Waals surface area contributed by atoms with E-state index in [9.17, 15) is 14.7 Å². The topological polar surface area (TPSA) is 106 Å². The van der Waals surface area contributed by atoms with E-state index >= 15 is 0 Å². The highest BCUT2D eigenvalue weighted by molar-refractivity contribution is 6.05. The van der Waals surface area contributed by atoms with Gasteiger partial charge in [0.2, 0.25) is 0 Å². The van der Waals surface area contributed by atoms with Gasteiger partial charge >= 0.3 is 6.03 Å². The number of likely N-dealkylation sites (N-methyl/N-ethyl adjacent to an activating group) is 1. The molecular weight excluding hydrogens is 504 g/mol. The van der Waals surface area contributed by atoms with Crippen molar-refractivity contribution in [3.05, 3.63) is 65.7 Å². The van der Waals surface area contributed by atoms with Crippen LogP contribution in [0.15, 0.2) is 59.6 Å². The molecule has 0 bridgehead atoms. The van der Waals surface area contributed by atoms with Crippen LogP contribution in [0.3, 0.4) is 0 Å². The molecule has 0 spiro atoms. The average Bonchev–Trinajstić information content (AvgIpc) is 3.29. The zero-order valence-corrected chi connectivity index (χ0v) is 24.1. The molecule has 0 radical (unpaired) electrons. The maximum absolute atomic E-state index is 14.2. The Morgan fingerprint density at radius 1 is 1.00 bits per heavy atom. The maximum atomic E-state index is 14.2. The lowest BCUT2D eigenvalue weighted by molar-refractivity contribution is -0.151. The van der Waals surface area contributed by atoms with Crippen LogP contribution in [0, 0.1) is 0 Å². The number of hydrazine groups is 1. The Hall–Kier alpha value is -3.43. The predicted molar refractivity (Wildman–Crippen MR) is 158 cm³/mol. The second-order valence-electron chi connectivity index (χ2n) is 10.6. The third kappa shape index (κ3) is 5.86. The number of nitrogens with two attached hydrogens (primary N) is 1. The molecule has 1 fully saturated rings. The monoisotopic (exact) mass is 548 g/mol. The van der Waals surface area contributed by atoms with Crippen molar-refractivity contribution in [2.24, 2.45) is 4.99 Å². The number of aryl methyl sites for hydroxylation is 1. The summed E-state index contributed by atoms with van der Waals surface area (Å²) in [6.07, 6.45) is 4.24. The summed E-state index contributed by atoms with van der Waals surface area (Å²) in [5, 5.41) is 13.9. The number of nitrogens with zero attached hydrogens (tertiary/aromatic N) is 5. The van der Waals surface area contributed by atoms with Crippen LogP contribution in [0.5, 0.6) is 0 Å². The van der Waals surface area contributed by atoms with Gasteiger partial charge in [-0.25, -0.2) is 14.8 Å². The Bertz CT molecular complexity index is 1190. The van der Waals surface area contributed by atoms with E-state index < -0.39 is 11.7 Å². The molecule has 4 rings (SSSR count). The van der Waals surface area contributed by atoms with Gasteiger partial charge in [-0.15, -0.1) is 0 Å². The lowest BCUT2D eigenvalue weighted by atomic mass is 9.91. The van der Waals surface area contributed by atoms with E-state index in [0.29, 0.717) is 45.4 Å². The Morgan fingerprint density at radius 2 is 1.75 bits per heavy atom. The van der Waals surface area contributed by atoms with Crippen LogP contribution < -0.4 is 5.73 Å². The molecule has 3 N–H and O–H groups in total. The van der Waals surface area contributed by atoms with Crippen LogP contribution in [0.1, 0.15) is 57.6 Å². The molecule has 1 saturated heterocycles. The van der Waals surface area contributed by atoms with Gasteiger partial charge in [0, 0.05) is 38.3 Å². The molecule has 3 amide bonds. The van der Waals surface area contributed by atoms with E-state index in [1.807, 2.05) is 84.2 Å². The minimum atomic E-state index is -1.01. The van der Waals surface area contributed by atoms with Crippen LogP contribution in [0.25, 0.3) is 0 Å². The van der Waals surface area contributed by atoms with Crippen LogP contribution in [-0.2, 0) is 17.6 Å². The highest BCUT2D eigenvalue weighted by Gasteiger charge is 2.62. The molecular formula is C31H44N6O3. The van der Waals surface area contributed by atoms with Gasteiger partial charge in [-0.1, -0.05) is 63.2 Å². The SMILES string of the molecule is CCCN1C(=O)C2N(N(CC)CCO)C(Cc3ccccc3)=NC2(CC)N(CCCCc2cccc(N)c2)C1=O. The number of aliphatic hydroxyl groups excluding tert-OH is 1. The van der Waals surface area contributed by atoms with E-state index in [4.69, 9.17) is 10.7 Å². The number of hydrogen-bond acceptors (Lipinski definition) is 7. The number of imide groups is 1. The number of aliphatic hydroxyl groups is 1. The molecule has 9 heteroatoms. The minimum absolute atomic E-state index is 0.0473. The summed E-state index contributed by atoms with van der Waals surface area (Å²) in [4.78, 5) is 36.7. The van der Waals surface area contributed by atoms with Gasteiger partial charge in [-0.2, -0.15) is 0 Å². The first-order valence-corrected chi connectivity index (χ1v) is 14.6. The lowest BCUT2D eigenvalue weighted by Gasteiger charge is -2.51. The molecule has 0 aromatic heterocycles. The van der Waals surface area contributed by atoms with Gasteiger partial charge in [0.1, 0.15) is 5.84 Å². The highest BCUT2D eigenvalue weighted by Crippen LogP contribution is 2.42. The Morgan fingerprint density at radius 3 is 2.40 bits per heavy atom. The second-order valence-corrected chi connectivity index (χ2v) is 10.6. The summed E-state index contributed by atoms with van der Waals surface area (Å²) in [6, 6.07) is 17.0. The van der Waals surface area contributed by atoms with Crippen molar-refractivity contribution in [1.82, 2.24) is 19.8 Å². The van der Waals surface area contributed by atoms with Crippen molar-refractivity contribution in [3.63, 3.8) is 0 Å². The van der Waals surface area contributed by atoms with E-state index in [2.05, 4.69) is 6.07 Å². The number of rotatable bonds is 14. The zero-order chi connectivity index (χ0) is 28.7. The number of carbonyl (C=O) groups excluding carboxylic acids is 2. The largest absolute Gasteiger partial charge is 0.399 e. The predicted octanol–water partition coefficient (Wildman–Crippen LogP) is 3.93. The fourth-order valence-electron chi connectivity index (χ4n) is 6.03. The standard InChI is InChI=1S/C31H44N6O3/c1-4-18-35-29(39)28-31(5-2,36(30(35)40)19-11-10-15-24-16-12-17-26(32)22-24)33-27(23-25-13-8-7-9-14-25)37(28)34(6-3)20-21-38/h7-9,12-14,16-17,22,28,38H,4-6,10-11,15,18-21,23,32H2,1-3H3. The molecule has 2 aliphatic rings. The summed E-state index contributed by atoms with van der Waals surface area (Å²) in [5.41, 5.74) is 7.95. The summed E-state index contributed by atoms with van der Waals surface area (Å²) >= 11 is 0. The van der Waals surface area contributed by atoms with E-state index in [1.54, 1.807) is 0 Å². The number of nitrogen functional groups attached to an aromatic ring is 1. The molecule has 9 nitrogen and oxygen atoms in total. The lowest BCUT2D eigenvalue weighted by Crippen LogP contribution is -2.73. The summed E-state index contributed by atoms with van der Waals surface area (Å²) in [6.45, 7) is 7.79. The minimum Gasteiger partial charge on any atom is -0.399 e. The van der Waals surface area contributed by atoms with Gasteiger partial charge in [0.25, 0.3) is 5.91 Å². The molecule has 40 heavy (non-hydrogen) atoms. The van der Waals surface area contributed by atoms with Crippen molar-refractivity contribution in [3.8, 4) is 0 Å². The van der Waals surface area contributed by atoms with Crippen molar-refractivity contribution in [2.45, 2.75) is 71.0 Å². The third-order valence-electron chi connectivity index (χ3n) is 7.95. The Labute approximate surface area is 238 Å². The molecule has 2 aromatic carbocycles. The van der Waals surface area contributed by atoms with Gasteiger partial charge in [0.15, 0.2) is 11.7 Å². The summed E-state index contributed by atoms with van der Waals surface area (Å²) < 4.78 is 0. The number of carbonyl (C=O) groups is 2. The van der Waals surface area contributed by atoms with E-state index in [0.717, 1.165) is 36.3 Å². The number of hydrogen-bond donors (Lipinski definition) is 2. The first-order valence-electron chi connectivity index (χ1n) is 14.6. The molecule has 2 heterocycles. The molecule has 2 atom stereocenters. The number of fused-ring (bicyclic) bond motifs is 1. The first-order chi connectivity index (χ1) is 19.4. The molecule has 0 aliphatic carbocycles. The normalized spacial score (nSPS) is 20.9. The van der Waals surface area contributed by atoms with Crippen molar-refractivity contribution in [1.29, 1.82) is 0 Å². The summed E-state index contributed by atoms with van der Waals surface area (Å²) in [7, 11) is 0. The fraction of sp³-hybridized carbons (Fsp3) is 0.516. The Balaban J connectivity index is 1.70. The second kappa shape index (κ2) is 13.3. The maximum Gasteiger partial charge on any atom is 0.328 e. The number of aliphatic imine (C=N–C) groups is 1. The number of amides is 3. The van der Waals surface area contributed by atoms with Crippen molar-refractivity contribution < 1.29 is 14.7 Å². The highest BCUT2D eigenvalue weighted by atomic mass is 16.3. The molecule has 2 aliphatic heterocycles. The number of unbranched alkanes of at least 4 members (excludes halogenated alkanes) is 1. The van der Waals surface area contributed by atoms with Gasteiger partial charge < -0.3 is 10.8 Å². The van der Waals surface area contributed by atoms with E-state index in [1.165, 1.54) is 10.5 Å². The third-order valence-corrected chi connectivity index (χ3v) is 7.95. The molecule has 216 valence electrons. The number of benzene rings is 2. The zero-order valence-electron chi connectivity index (χ0n) is 24.1. The number of anilines is 1. The van der Waals surface area contributed by atoms with Crippen LogP contribution in [-0.4, -0.2) is 87.2 Å². The average molecular weight is 549 g/mol.